The fourth-order valence-corrected chi connectivity index (χ4v) is 10.5. The van der Waals surface area contributed by atoms with E-state index in [9.17, 15) is 0 Å². The lowest BCUT2D eigenvalue weighted by Gasteiger charge is -2.64. The van der Waals surface area contributed by atoms with Gasteiger partial charge >= 0.3 is 0 Å². The van der Waals surface area contributed by atoms with Crippen molar-refractivity contribution in [2.75, 3.05) is 7.11 Å². The number of methoxy groups -OCH3 is 1. The summed E-state index contributed by atoms with van der Waals surface area (Å²) >= 11 is 0. The highest BCUT2D eigenvalue weighted by molar-refractivity contribution is 5.32. The first-order valence-electron chi connectivity index (χ1n) is 15.0. The first kappa shape index (κ1) is 27.5. The van der Waals surface area contributed by atoms with Crippen LogP contribution < -0.4 is 0 Å². The Bertz CT molecular complexity index is 862. The Hall–Kier alpha value is -0.560. The number of hydrogen-bond acceptors (Lipinski definition) is 1. The molecule has 1 heteroatoms. The topological polar surface area (TPSA) is 9.23 Å². The Kier molecular flexibility index (Phi) is 6.86. The number of allylic oxidation sites excluding steroid dienone is 3. The maximum Gasteiger partial charge on any atom is 0.0625 e. The molecule has 9 atom stereocenters. The summed E-state index contributed by atoms with van der Waals surface area (Å²) in [5.74, 6) is 3.80. The minimum absolute atomic E-state index is 0.220. The maximum absolute atomic E-state index is 6.03. The maximum atomic E-state index is 6.03. The standard InChI is InChI=1S/C34H58O/c1-22(2)30(5,6)24(4)21-23(3)25-15-19-34(11)27-13-14-28-31(7,8)29(35-12)17-18-32(28,9)26(27)16-20-33(25,34)10/h16,23-25,27-29H,1,13-15,17-21H2,2-12H3/t23-,24+,25-,27-,28+,29+,32-,33-,34+/m1/s1. The molecule has 3 fully saturated rings. The fraction of sp³-hybridized carbons (Fsp3) is 0.882. The van der Waals surface area contributed by atoms with Crippen LogP contribution >= 0.6 is 0 Å². The lowest BCUT2D eigenvalue weighted by atomic mass is 9.41. The molecule has 35 heavy (non-hydrogen) atoms. The van der Waals surface area contributed by atoms with Gasteiger partial charge in [-0.3, -0.25) is 0 Å². The van der Waals surface area contributed by atoms with Crippen LogP contribution in [-0.4, -0.2) is 13.2 Å². The van der Waals surface area contributed by atoms with E-state index < -0.39 is 0 Å². The van der Waals surface area contributed by atoms with Gasteiger partial charge in [0.15, 0.2) is 0 Å². The van der Waals surface area contributed by atoms with E-state index in [-0.39, 0.29) is 10.8 Å². The molecule has 1 nitrogen and oxygen atoms in total. The van der Waals surface area contributed by atoms with Crippen molar-refractivity contribution in [1.29, 1.82) is 0 Å². The van der Waals surface area contributed by atoms with Gasteiger partial charge in [0.05, 0.1) is 6.10 Å². The van der Waals surface area contributed by atoms with Gasteiger partial charge in [0.1, 0.15) is 0 Å². The zero-order valence-corrected chi connectivity index (χ0v) is 25.3. The molecule has 0 saturated heterocycles. The summed E-state index contributed by atoms with van der Waals surface area (Å²) in [6, 6.07) is 0. The zero-order chi connectivity index (χ0) is 26.2. The van der Waals surface area contributed by atoms with Crippen molar-refractivity contribution in [1.82, 2.24) is 0 Å². The van der Waals surface area contributed by atoms with Crippen molar-refractivity contribution >= 4 is 0 Å². The minimum Gasteiger partial charge on any atom is -0.381 e. The third-order valence-corrected chi connectivity index (χ3v) is 13.8. The SMILES string of the molecule is C=C(C)C(C)(C)[C@@H](C)C[C@@H](C)[C@H]1CC[C@@]2(C)[C@@H]3CC[C@H]4C(C)(C)[C@@H](OC)CC[C@]4(C)C3=CC[C@]12C. The molecule has 0 amide bonds. The molecule has 0 heterocycles. The smallest absolute Gasteiger partial charge is 0.0625 e. The highest BCUT2D eigenvalue weighted by Gasteiger charge is 2.65. The third kappa shape index (κ3) is 3.79. The summed E-state index contributed by atoms with van der Waals surface area (Å²) in [5.41, 5.74) is 4.90. The molecule has 4 aliphatic rings. The van der Waals surface area contributed by atoms with Gasteiger partial charge in [-0.1, -0.05) is 86.1 Å². The summed E-state index contributed by atoms with van der Waals surface area (Å²) in [7, 11) is 1.94. The molecule has 0 N–H and O–H groups in total. The number of ether oxygens (including phenoxy) is 1. The van der Waals surface area contributed by atoms with Crippen LogP contribution in [-0.2, 0) is 4.74 Å². The highest BCUT2D eigenvalue weighted by Crippen LogP contribution is 2.73. The van der Waals surface area contributed by atoms with E-state index in [1.54, 1.807) is 0 Å². The molecule has 0 unspecified atom stereocenters. The van der Waals surface area contributed by atoms with Crippen molar-refractivity contribution < 1.29 is 4.74 Å². The van der Waals surface area contributed by atoms with Gasteiger partial charge in [0, 0.05) is 7.11 Å². The van der Waals surface area contributed by atoms with Gasteiger partial charge in [0.25, 0.3) is 0 Å². The van der Waals surface area contributed by atoms with Gasteiger partial charge in [-0.15, -0.1) is 0 Å². The van der Waals surface area contributed by atoms with Crippen LogP contribution in [0.1, 0.15) is 121 Å². The Morgan fingerprint density at radius 3 is 2.29 bits per heavy atom. The fourth-order valence-electron chi connectivity index (χ4n) is 10.5. The average Bonchev–Trinajstić information content (AvgIpc) is 3.04. The van der Waals surface area contributed by atoms with E-state index in [0.29, 0.717) is 28.3 Å². The van der Waals surface area contributed by atoms with Crippen LogP contribution in [0.25, 0.3) is 0 Å². The van der Waals surface area contributed by atoms with E-state index >= 15 is 0 Å². The molecule has 0 spiro atoms. The van der Waals surface area contributed by atoms with Gasteiger partial charge in [-0.2, -0.15) is 0 Å². The molecule has 4 aliphatic carbocycles. The van der Waals surface area contributed by atoms with Crippen LogP contribution in [0.3, 0.4) is 0 Å². The van der Waals surface area contributed by atoms with Crippen LogP contribution in [0.2, 0.25) is 0 Å². The van der Waals surface area contributed by atoms with Crippen molar-refractivity contribution in [3.05, 3.63) is 23.8 Å². The zero-order valence-electron chi connectivity index (χ0n) is 25.3. The molecule has 0 radical (unpaired) electrons. The second-order valence-corrected chi connectivity index (χ2v) is 15.6. The van der Waals surface area contributed by atoms with E-state index in [1.807, 2.05) is 12.7 Å². The lowest BCUT2D eigenvalue weighted by molar-refractivity contribution is -0.130. The highest BCUT2D eigenvalue weighted by atomic mass is 16.5. The van der Waals surface area contributed by atoms with E-state index in [1.165, 1.54) is 56.9 Å². The van der Waals surface area contributed by atoms with Crippen LogP contribution in [0.4, 0.5) is 0 Å². The van der Waals surface area contributed by atoms with Crippen LogP contribution in [0, 0.1) is 56.7 Å². The lowest BCUT2D eigenvalue weighted by Crippen LogP contribution is -2.58. The number of rotatable bonds is 6. The minimum atomic E-state index is 0.220. The molecule has 0 aromatic heterocycles. The Morgan fingerprint density at radius 2 is 1.69 bits per heavy atom. The van der Waals surface area contributed by atoms with Crippen LogP contribution in [0.15, 0.2) is 23.8 Å². The molecular weight excluding hydrogens is 424 g/mol. The Balaban J connectivity index is 1.62. The predicted molar refractivity (Wildman–Crippen MR) is 151 cm³/mol. The van der Waals surface area contributed by atoms with Crippen molar-refractivity contribution in [3.63, 3.8) is 0 Å². The monoisotopic (exact) mass is 482 g/mol. The predicted octanol–water partition coefficient (Wildman–Crippen LogP) is 9.87. The summed E-state index contributed by atoms with van der Waals surface area (Å²) in [6.07, 6.45) is 13.9. The quantitative estimate of drug-likeness (QED) is 0.342. The van der Waals surface area contributed by atoms with E-state index in [2.05, 4.69) is 81.9 Å². The molecule has 4 rings (SSSR count). The summed E-state index contributed by atoms with van der Waals surface area (Å²) < 4.78 is 6.03. The van der Waals surface area contributed by atoms with Gasteiger partial charge in [0.2, 0.25) is 0 Å². The molecule has 0 aliphatic heterocycles. The number of fused-ring (bicyclic) bond motifs is 5. The largest absolute Gasteiger partial charge is 0.381 e. The van der Waals surface area contributed by atoms with Crippen LogP contribution in [0.5, 0.6) is 0 Å². The normalized spacial score (nSPS) is 44.5. The van der Waals surface area contributed by atoms with Crippen molar-refractivity contribution in [2.45, 2.75) is 127 Å². The van der Waals surface area contributed by atoms with E-state index in [4.69, 9.17) is 4.74 Å². The summed E-state index contributed by atoms with van der Waals surface area (Å²) in [4.78, 5) is 0. The van der Waals surface area contributed by atoms with Crippen molar-refractivity contribution in [3.8, 4) is 0 Å². The number of hydrogen-bond donors (Lipinski definition) is 0. The Morgan fingerprint density at radius 1 is 1.03 bits per heavy atom. The molecule has 0 aromatic carbocycles. The van der Waals surface area contributed by atoms with Crippen molar-refractivity contribution in [2.24, 2.45) is 56.7 Å². The molecule has 0 aromatic rings. The van der Waals surface area contributed by atoms with Gasteiger partial charge < -0.3 is 4.74 Å². The first-order chi connectivity index (χ1) is 16.1. The molecular formula is C34H58O. The Labute approximate surface area is 218 Å². The second-order valence-electron chi connectivity index (χ2n) is 15.6. The molecule has 3 saturated carbocycles. The molecule has 200 valence electrons. The third-order valence-electron chi connectivity index (χ3n) is 13.8. The average molecular weight is 483 g/mol. The van der Waals surface area contributed by atoms with E-state index in [0.717, 1.165) is 23.7 Å². The van der Waals surface area contributed by atoms with Gasteiger partial charge in [-0.05, 0) is 115 Å². The van der Waals surface area contributed by atoms with Gasteiger partial charge in [-0.25, -0.2) is 0 Å². The first-order valence-corrected chi connectivity index (χ1v) is 15.0. The summed E-state index contributed by atoms with van der Waals surface area (Å²) in [5, 5.41) is 0. The second kappa shape index (κ2) is 8.74. The molecule has 0 bridgehead atoms. The summed E-state index contributed by atoms with van der Waals surface area (Å²) in [6.45, 7) is 29.5.